The lowest BCUT2D eigenvalue weighted by atomic mass is 10.1. The van der Waals surface area contributed by atoms with E-state index in [4.69, 9.17) is 0 Å². The van der Waals surface area contributed by atoms with Gasteiger partial charge in [0.1, 0.15) is 5.75 Å². The number of amides is 1. The first kappa shape index (κ1) is 18.9. The Morgan fingerprint density at radius 3 is 2.45 bits per heavy atom. The number of aryl methyl sites for hydroxylation is 1. The van der Waals surface area contributed by atoms with Crippen molar-refractivity contribution in [2.45, 2.75) is 13.5 Å². The molecule has 4 aromatic carbocycles. The van der Waals surface area contributed by atoms with Crippen LogP contribution in [0.2, 0.25) is 0 Å². The lowest BCUT2D eigenvalue weighted by Gasteiger charge is -2.06. The predicted molar refractivity (Wildman–Crippen MR) is 126 cm³/mol. The zero-order valence-corrected chi connectivity index (χ0v) is 17.0. The number of phenols is 1. The van der Waals surface area contributed by atoms with Crippen LogP contribution in [-0.2, 0) is 6.54 Å². The van der Waals surface area contributed by atoms with E-state index < -0.39 is 5.91 Å². The van der Waals surface area contributed by atoms with Crippen molar-refractivity contribution in [2.24, 2.45) is 5.10 Å². The molecule has 0 radical (unpaired) electrons. The molecule has 0 saturated heterocycles. The third kappa shape index (κ3) is 3.30. The molecule has 0 aliphatic rings. The largest absolute Gasteiger partial charge is 0.507 e. The summed E-state index contributed by atoms with van der Waals surface area (Å²) >= 11 is 0. The first-order valence-electron chi connectivity index (χ1n) is 10.2. The van der Waals surface area contributed by atoms with Crippen LogP contribution in [0.25, 0.3) is 32.6 Å². The number of rotatable bonds is 4. The van der Waals surface area contributed by atoms with Gasteiger partial charge in [-0.2, -0.15) is 5.10 Å². The molecule has 0 saturated carbocycles. The van der Waals surface area contributed by atoms with Crippen molar-refractivity contribution in [3.8, 4) is 5.75 Å². The van der Waals surface area contributed by atoms with Crippen molar-refractivity contribution in [1.82, 2.24) is 9.99 Å². The molecule has 31 heavy (non-hydrogen) atoms. The Morgan fingerprint density at radius 2 is 1.65 bits per heavy atom. The van der Waals surface area contributed by atoms with Gasteiger partial charge in [-0.1, -0.05) is 48.5 Å². The van der Waals surface area contributed by atoms with Crippen molar-refractivity contribution in [3.05, 3.63) is 90.0 Å². The number of fused-ring (bicyclic) bond motifs is 4. The van der Waals surface area contributed by atoms with Crippen LogP contribution in [0.4, 0.5) is 0 Å². The Morgan fingerprint density at radius 1 is 0.935 bits per heavy atom. The molecule has 1 amide bonds. The van der Waals surface area contributed by atoms with Crippen molar-refractivity contribution in [3.63, 3.8) is 0 Å². The van der Waals surface area contributed by atoms with E-state index in [1.807, 2.05) is 42.5 Å². The fourth-order valence-corrected chi connectivity index (χ4v) is 4.13. The number of benzene rings is 4. The summed E-state index contributed by atoms with van der Waals surface area (Å²) in [5.41, 5.74) is 5.97. The number of carbonyl (C=O) groups excluding carboxylic acids is 1. The number of aromatic nitrogens is 1. The van der Waals surface area contributed by atoms with Crippen LogP contribution < -0.4 is 5.43 Å². The number of nitrogens with one attached hydrogen (secondary N) is 1. The smallest absolute Gasteiger partial charge is 0.275 e. The van der Waals surface area contributed by atoms with Gasteiger partial charge in [-0.25, -0.2) is 5.43 Å². The zero-order chi connectivity index (χ0) is 21.4. The van der Waals surface area contributed by atoms with Crippen LogP contribution in [0, 0.1) is 0 Å². The van der Waals surface area contributed by atoms with E-state index in [-0.39, 0.29) is 11.3 Å². The summed E-state index contributed by atoms with van der Waals surface area (Å²) in [5.74, 6) is -0.525. The quantitative estimate of drug-likeness (QED) is 0.308. The van der Waals surface area contributed by atoms with E-state index >= 15 is 0 Å². The topological polar surface area (TPSA) is 66.6 Å². The molecule has 152 valence electrons. The summed E-state index contributed by atoms with van der Waals surface area (Å²) in [6.45, 7) is 3.03. The first-order chi connectivity index (χ1) is 15.2. The molecular formula is C26H21N3O2. The molecule has 0 unspecified atom stereocenters. The fourth-order valence-electron chi connectivity index (χ4n) is 4.13. The SMILES string of the molecule is CCn1c2ccccc2c2cc(C=NNC(=O)c3cc4ccccc4cc3O)ccc21. The number of hydrazone groups is 1. The molecule has 0 atom stereocenters. The molecular weight excluding hydrogens is 386 g/mol. The summed E-state index contributed by atoms with van der Waals surface area (Å²) in [6, 6.07) is 25.3. The number of para-hydroxylation sites is 1. The second kappa shape index (κ2) is 7.61. The second-order valence-electron chi connectivity index (χ2n) is 7.45. The van der Waals surface area contributed by atoms with Gasteiger partial charge in [-0.05, 0) is 53.6 Å². The molecule has 2 N–H and O–H groups in total. The fraction of sp³-hybridized carbons (Fsp3) is 0.0769. The molecule has 1 aromatic heterocycles. The van der Waals surface area contributed by atoms with E-state index in [1.165, 1.54) is 16.4 Å². The van der Waals surface area contributed by atoms with Crippen LogP contribution in [0.15, 0.2) is 84.0 Å². The Labute approximate surface area is 179 Å². The highest BCUT2D eigenvalue weighted by atomic mass is 16.3. The lowest BCUT2D eigenvalue weighted by Crippen LogP contribution is -2.17. The highest BCUT2D eigenvalue weighted by Crippen LogP contribution is 2.29. The first-order valence-corrected chi connectivity index (χ1v) is 10.2. The van der Waals surface area contributed by atoms with Gasteiger partial charge in [-0.15, -0.1) is 0 Å². The number of carbonyl (C=O) groups is 1. The summed E-state index contributed by atoms with van der Waals surface area (Å²) in [7, 11) is 0. The molecule has 5 heteroatoms. The van der Waals surface area contributed by atoms with Gasteiger partial charge < -0.3 is 9.67 Å². The Balaban J connectivity index is 1.42. The molecule has 0 aliphatic carbocycles. The maximum Gasteiger partial charge on any atom is 0.275 e. The van der Waals surface area contributed by atoms with Crippen LogP contribution >= 0.6 is 0 Å². The van der Waals surface area contributed by atoms with Crippen molar-refractivity contribution < 1.29 is 9.90 Å². The summed E-state index contributed by atoms with van der Waals surface area (Å²) in [5, 5.41) is 18.4. The highest BCUT2D eigenvalue weighted by molar-refractivity contribution is 6.09. The van der Waals surface area contributed by atoms with Gasteiger partial charge in [0.2, 0.25) is 0 Å². The van der Waals surface area contributed by atoms with E-state index in [1.54, 1.807) is 18.3 Å². The lowest BCUT2D eigenvalue weighted by molar-refractivity contribution is 0.0952. The Kier molecular flexibility index (Phi) is 4.64. The van der Waals surface area contributed by atoms with Crippen LogP contribution in [-0.4, -0.2) is 21.8 Å². The molecule has 0 fully saturated rings. The predicted octanol–water partition coefficient (Wildman–Crippen LogP) is 5.44. The monoisotopic (exact) mass is 407 g/mol. The minimum Gasteiger partial charge on any atom is -0.507 e. The van der Waals surface area contributed by atoms with Crippen LogP contribution in [0.1, 0.15) is 22.8 Å². The highest BCUT2D eigenvalue weighted by Gasteiger charge is 2.12. The minimum atomic E-state index is -0.455. The van der Waals surface area contributed by atoms with E-state index in [9.17, 15) is 9.90 Å². The number of nitrogens with zero attached hydrogens (tertiary/aromatic N) is 2. The standard InChI is InChI=1S/C26H21N3O2/c1-2-29-23-10-6-5-9-20(23)21-13-17(11-12-24(21)29)16-27-28-26(31)22-14-18-7-3-4-8-19(18)15-25(22)30/h3-16,30H,2H2,1H3,(H,28,31). The van der Waals surface area contributed by atoms with E-state index in [2.05, 4.69) is 46.3 Å². The van der Waals surface area contributed by atoms with E-state index in [0.29, 0.717) is 0 Å². The molecule has 0 bridgehead atoms. The number of hydrogen-bond donors (Lipinski definition) is 2. The number of hydrogen-bond acceptors (Lipinski definition) is 3. The molecule has 1 heterocycles. The minimum absolute atomic E-state index is 0.0693. The molecule has 5 aromatic rings. The average molecular weight is 407 g/mol. The second-order valence-corrected chi connectivity index (χ2v) is 7.45. The van der Waals surface area contributed by atoms with Gasteiger partial charge in [-0.3, -0.25) is 4.79 Å². The Bertz CT molecular complexity index is 1480. The van der Waals surface area contributed by atoms with Crippen molar-refractivity contribution in [1.29, 1.82) is 0 Å². The van der Waals surface area contributed by atoms with Gasteiger partial charge >= 0.3 is 0 Å². The van der Waals surface area contributed by atoms with Gasteiger partial charge in [0.25, 0.3) is 5.91 Å². The maximum absolute atomic E-state index is 12.5. The Hall–Kier alpha value is -4.12. The van der Waals surface area contributed by atoms with Crippen molar-refractivity contribution in [2.75, 3.05) is 0 Å². The summed E-state index contributed by atoms with van der Waals surface area (Å²) in [4.78, 5) is 12.5. The summed E-state index contributed by atoms with van der Waals surface area (Å²) < 4.78 is 2.29. The van der Waals surface area contributed by atoms with Gasteiger partial charge in [0.05, 0.1) is 11.8 Å². The number of aromatic hydroxyl groups is 1. The average Bonchev–Trinajstić information content (AvgIpc) is 3.11. The van der Waals surface area contributed by atoms with Gasteiger partial charge in [0.15, 0.2) is 0 Å². The maximum atomic E-state index is 12.5. The molecule has 0 spiro atoms. The zero-order valence-electron chi connectivity index (χ0n) is 17.0. The third-order valence-electron chi connectivity index (χ3n) is 5.60. The van der Waals surface area contributed by atoms with Gasteiger partial charge in [0, 0.05) is 28.4 Å². The van der Waals surface area contributed by atoms with Crippen LogP contribution in [0.5, 0.6) is 5.75 Å². The molecule has 5 rings (SSSR count). The number of phenolic OH excluding ortho intramolecular Hbond substituents is 1. The van der Waals surface area contributed by atoms with Crippen molar-refractivity contribution >= 4 is 44.7 Å². The molecule has 5 nitrogen and oxygen atoms in total. The summed E-state index contributed by atoms with van der Waals surface area (Å²) in [6.07, 6.45) is 1.62. The molecule has 0 aliphatic heterocycles. The third-order valence-corrected chi connectivity index (χ3v) is 5.60. The normalized spacial score (nSPS) is 11.6. The van der Waals surface area contributed by atoms with Crippen LogP contribution in [0.3, 0.4) is 0 Å². The van der Waals surface area contributed by atoms with E-state index in [0.717, 1.165) is 28.3 Å².